The van der Waals surface area contributed by atoms with E-state index in [1.807, 2.05) is 30.3 Å². The lowest BCUT2D eigenvalue weighted by Gasteiger charge is -2.11. The van der Waals surface area contributed by atoms with Gasteiger partial charge in [-0.3, -0.25) is 4.79 Å². The molecule has 0 saturated carbocycles. The summed E-state index contributed by atoms with van der Waals surface area (Å²) in [6.45, 7) is 0. The fourth-order valence-electron chi connectivity index (χ4n) is 2.75. The molecule has 144 valence electrons. The van der Waals surface area contributed by atoms with E-state index in [4.69, 9.17) is 11.6 Å². The molecule has 2 aromatic rings. The summed E-state index contributed by atoms with van der Waals surface area (Å²) in [4.78, 5) is 11.4. The maximum atomic E-state index is 12.4. The molecule has 27 heavy (non-hydrogen) atoms. The lowest BCUT2D eigenvalue weighted by atomic mass is 10.1. The largest absolute Gasteiger partial charge is 0.480 e. The summed E-state index contributed by atoms with van der Waals surface area (Å²) in [5, 5.41) is 9.63. The number of halogens is 1. The van der Waals surface area contributed by atoms with Crippen LogP contribution in [0.15, 0.2) is 60.0 Å². The molecule has 0 aliphatic carbocycles. The van der Waals surface area contributed by atoms with Crippen molar-refractivity contribution >= 4 is 33.5 Å². The van der Waals surface area contributed by atoms with E-state index >= 15 is 0 Å². The van der Waals surface area contributed by atoms with E-state index in [1.165, 1.54) is 6.08 Å². The molecule has 0 aliphatic rings. The molecule has 0 aromatic heterocycles. The first-order valence-electron chi connectivity index (χ1n) is 8.83. The standard InChI is InChI=1S/C21H23ClO4S/c22-19-13-11-18(12-14-19)9-5-2-6-10-20(21(23)24)27(25,26)16-15-17-7-3-1-4-8-17/h1,3-4,7-8,11-16,20H,2,5-6,9-10H2,(H,23,24)/b16-15+. The molecular formula is C21H23ClO4S. The minimum Gasteiger partial charge on any atom is -0.480 e. The van der Waals surface area contributed by atoms with E-state index < -0.39 is 21.1 Å². The summed E-state index contributed by atoms with van der Waals surface area (Å²) in [5.74, 6) is -1.30. The number of hydrogen-bond acceptors (Lipinski definition) is 3. The zero-order valence-corrected chi connectivity index (χ0v) is 16.5. The number of hydrogen-bond donors (Lipinski definition) is 1. The first-order chi connectivity index (χ1) is 12.9. The fourth-order valence-corrected chi connectivity index (χ4v) is 4.19. The summed E-state index contributed by atoms with van der Waals surface area (Å²) in [7, 11) is -3.86. The van der Waals surface area contributed by atoms with Crippen molar-refractivity contribution in [3.63, 3.8) is 0 Å². The molecule has 0 heterocycles. The van der Waals surface area contributed by atoms with Gasteiger partial charge in [0, 0.05) is 10.4 Å². The molecule has 0 fully saturated rings. The first-order valence-corrected chi connectivity index (χ1v) is 10.8. The topological polar surface area (TPSA) is 71.4 Å². The van der Waals surface area contributed by atoms with Crippen LogP contribution in [0.1, 0.15) is 36.8 Å². The molecule has 0 bridgehead atoms. The van der Waals surface area contributed by atoms with Gasteiger partial charge in [0.25, 0.3) is 0 Å². The van der Waals surface area contributed by atoms with Crippen LogP contribution in [0.4, 0.5) is 0 Å². The number of aliphatic carboxylic acids is 1. The molecule has 0 radical (unpaired) electrons. The number of aryl methyl sites for hydroxylation is 1. The lowest BCUT2D eigenvalue weighted by molar-refractivity contribution is -0.136. The van der Waals surface area contributed by atoms with Crippen LogP contribution in [0.3, 0.4) is 0 Å². The molecular weight excluding hydrogens is 384 g/mol. The van der Waals surface area contributed by atoms with E-state index in [9.17, 15) is 18.3 Å². The number of sulfone groups is 1. The van der Waals surface area contributed by atoms with Gasteiger partial charge >= 0.3 is 5.97 Å². The van der Waals surface area contributed by atoms with Gasteiger partial charge in [0.05, 0.1) is 0 Å². The van der Waals surface area contributed by atoms with Gasteiger partial charge in [-0.15, -0.1) is 0 Å². The average Bonchev–Trinajstić information content (AvgIpc) is 2.65. The summed E-state index contributed by atoms with van der Waals surface area (Å²) < 4.78 is 24.8. The number of carboxylic acid groups (broad SMARTS) is 1. The molecule has 1 atom stereocenters. The van der Waals surface area contributed by atoms with Gasteiger partial charge in [0.2, 0.25) is 0 Å². The Labute approximate surface area is 165 Å². The van der Waals surface area contributed by atoms with Gasteiger partial charge in [-0.25, -0.2) is 8.42 Å². The van der Waals surface area contributed by atoms with Crippen molar-refractivity contribution in [2.45, 2.75) is 37.4 Å². The van der Waals surface area contributed by atoms with E-state index in [0.717, 1.165) is 30.2 Å². The molecule has 1 N–H and O–H groups in total. The normalized spacial score (nSPS) is 12.9. The van der Waals surface area contributed by atoms with Gasteiger partial charge < -0.3 is 5.11 Å². The van der Waals surface area contributed by atoms with Crippen molar-refractivity contribution in [1.29, 1.82) is 0 Å². The summed E-state index contributed by atoms with van der Waals surface area (Å²) in [6, 6.07) is 16.5. The van der Waals surface area contributed by atoms with Gasteiger partial charge in [0.1, 0.15) is 0 Å². The average molecular weight is 407 g/mol. The molecule has 6 heteroatoms. The highest BCUT2D eigenvalue weighted by atomic mass is 35.5. The zero-order valence-electron chi connectivity index (χ0n) is 14.9. The highest BCUT2D eigenvalue weighted by Gasteiger charge is 2.29. The summed E-state index contributed by atoms with van der Waals surface area (Å²) in [6.07, 6.45) is 4.58. The Morgan fingerprint density at radius 2 is 1.67 bits per heavy atom. The predicted molar refractivity (Wildman–Crippen MR) is 109 cm³/mol. The molecule has 2 aromatic carbocycles. The Bertz CT molecular complexity index is 859. The van der Waals surface area contributed by atoms with Gasteiger partial charge in [-0.2, -0.15) is 0 Å². The van der Waals surface area contributed by atoms with Crippen LogP contribution < -0.4 is 0 Å². The lowest BCUT2D eigenvalue weighted by Crippen LogP contribution is -2.28. The SMILES string of the molecule is O=C(O)C(CCCCCc1ccc(Cl)cc1)S(=O)(=O)/C=C/c1ccccc1. The minimum atomic E-state index is -3.86. The summed E-state index contributed by atoms with van der Waals surface area (Å²) in [5.41, 5.74) is 1.88. The zero-order chi connectivity index (χ0) is 19.7. The second-order valence-corrected chi connectivity index (χ2v) is 8.81. The highest BCUT2D eigenvalue weighted by Crippen LogP contribution is 2.17. The van der Waals surface area contributed by atoms with E-state index in [1.54, 1.807) is 24.3 Å². The Kier molecular flexibility index (Phi) is 8.07. The third-order valence-corrected chi connectivity index (χ3v) is 6.26. The van der Waals surface area contributed by atoms with E-state index in [-0.39, 0.29) is 6.42 Å². The van der Waals surface area contributed by atoms with E-state index in [2.05, 4.69) is 0 Å². The number of carbonyl (C=O) groups is 1. The third-order valence-electron chi connectivity index (χ3n) is 4.27. The predicted octanol–water partition coefficient (Wildman–Crippen LogP) is 4.98. The smallest absolute Gasteiger partial charge is 0.322 e. The molecule has 1 unspecified atom stereocenters. The van der Waals surface area contributed by atoms with Crippen LogP contribution in [-0.4, -0.2) is 24.7 Å². The molecule has 0 spiro atoms. The van der Waals surface area contributed by atoms with Gasteiger partial charge in [-0.05, 0) is 48.6 Å². The van der Waals surface area contributed by atoms with Crippen molar-refractivity contribution in [2.24, 2.45) is 0 Å². The second kappa shape index (κ2) is 10.3. The van der Waals surface area contributed by atoms with Crippen LogP contribution in [0.25, 0.3) is 6.08 Å². The minimum absolute atomic E-state index is 0.109. The molecule has 0 amide bonds. The number of benzene rings is 2. The van der Waals surface area contributed by atoms with Crippen LogP contribution >= 0.6 is 11.6 Å². The van der Waals surface area contributed by atoms with Gasteiger partial charge in [-0.1, -0.05) is 66.9 Å². The molecule has 2 rings (SSSR count). The van der Waals surface area contributed by atoms with Crippen molar-refractivity contribution < 1.29 is 18.3 Å². The van der Waals surface area contributed by atoms with Gasteiger partial charge in [0.15, 0.2) is 15.1 Å². The van der Waals surface area contributed by atoms with Crippen molar-refractivity contribution in [3.05, 3.63) is 76.2 Å². The number of rotatable bonds is 10. The molecule has 0 aliphatic heterocycles. The van der Waals surface area contributed by atoms with Crippen LogP contribution in [0, 0.1) is 0 Å². The number of carboxylic acids is 1. The Morgan fingerprint density at radius 1 is 1.00 bits per heavy atom. The molecule has 0 saturated heterocycles. The Balaban J connectivity index is 1.86. The highest BCUT2D eigenvalue weighted by molar-refractivity contribution is 7.95. The van der Waals surface area contributed by atoms with E-state index in [0.29, 0.717) is 17.0 Å². The fraction of sp³-hybridized carbons (Fsp3) is 0.286. The maximum Gasteiger partial charge on any atom is 0.322 e. The van der Waals surface area contributed by atoms with Crippen LogP contribution in [0.5, 0.6) is 0 Å². The van der Waals surface area contributed by atoms with Crippen LogP contribution in [-0.2, 0) is 21.1 Å². The second-order valence-electron chi connectivity index (χ2n) is 6.36. The van der Waals surface area contributed by atoms with Crippen molar-refractivity contribution in [2.75, 3.05) is 0 Å². The van der Waals surface area contributed by atoms with Crippen molar-refractivity contribution in [3.8, 4) is 0 Å². The third kappa shape index (κ3) is 7.19. The summed E-state index contributed by atoms with van der Waals surface area (Å²) >= 11 is 5.85. The Morgan fingerprint density at radius 3 is 2.30 bits per heavy atom. The maximum absolute atomic E-state index is 12.4. The quantitative estimate of drug-likeness (QED) is 0.564. The first kappa shape index (κ1) is 21.2. The monoisotopic (exact) mass is 406 g/mol. The Hall–Kier alpha value is -2.11. The van der Waals surface area contributed by atoms with Crippen LogP contribution in [0.2, 0.25) is 5.02 Å². The molecule has 4 nitrogen and oxygen atoms in total. The number of unbranched alkanes of at least 4 members (excludes halogenated alkanes) is 2. The van der Waals surface area contributed by atoms with Crippen molar-refractivity contribution in [1.82, 2.24) is 0 Å².